The van der Waals surface area contributed by atoms with Crippen molar-refractivity contribution in [3.63, 3.8) is 0 Å². The second kappa shape index (κ2) is 8.41. The van der Waals surface area contributed by atoms with Gasteiger partial charge in [-0.05, 0) is 52.2 Å². The van der Waals surface area contributed by atoms with Gasteiger partial charge in [0.25, 0.3) is 0 Å². The molecule has 0 spiro atoms. The topological polar surface area (TPSA) is 109 Å². The fourth-order valence-electron chi connectivity index (χ4n) is 3.28. The van der Waals surface area contributed by atoms with Gasteiger partial charge in [-0.25, -0.2) is 4.79 Å². The van der Waals surface area contributed by atoms with Crippen LogP contribution < -0.4 is 10.6 Å². The third-order valence-corrected chi connectivity index (χ3v) is 4.51. The quantitative estimate of drug-likeness (QED) is 0.732. The Morgan fingerprint density at radius 2 is 2.11 bits per heavy atom. The van der Waals surface area contributed by atoms with E-state index in [-0.39, 0.29) is 36.0 Å². The normalized spacial score (nSPS) is 19.2. The Kier molecular flexibility index (Phi) is 5.96. The van der Waals surface area contributed by atoms with Gasteiger partial charge in [-0.1, -0.05) is 6.07 Å². The molecule has 2 atom stereocenters. The van der Waals surface area contributed by atoms with E-state index in [0.717, 1.165) is 25.0 Å². The van der Waals surface area contributed by atoms with E-state index in [2.05, 4.69) is 25.8 Å². The highest BCUT2D eigenvalue weighted by atomic mass is 16.6. The molecule has 0 bridgehead atoms. The molecule has 2 unspecified atom stereocenters. The number of aromatic amines is 1. The number of nitrogens with zero attached hydrogens (tertiary/aromatic N) is 2. The van der Waals surface area contributed by atoms with Gasteiger partial charge >= 0.3 is 6.09 Å². The molecule has 2 aromatic rings. The maximum absolute atomic E-state index is 12.1. The van der Waals surface area contributed by atoms with Crippen LogP contribution in [-0.4, -0.2) is 38.8 Å². The molecule has 0 aliphatic heterocycles. The van der Waals surface area contributed by atoms with Gasteiger partial charge in [0.2, 0.25) is 5.91 Å². The van der Waals surface area contributed by atoms with Gasteiger partial charge in [-0.2, -0.15) is 5.10 Å². The summed E-state index contributed by atoms with van der Waals surface area (Å²) in [7, 11) is 0. The van der Waals surface area contributed by atoms with Crippen LogP contribution >= 0.6 is 0 Å². The Labute approximate surface area is 164 Å². The number of aromatic nitrogens is 3. The maximum atomic E-state index is 12.1. The van der Waals surface area contributed by atoms with Crippen molar-refractivity contribution in [2.45, 2.75) is 64.0 Å². The van der Waals surface area contributed by atoms with Crippen LogP contribution in [0.3, 0.4) is 0 Å². The van der Waals surface area contributed by atoms with E-state index in [4.69, 9.17) is 4.74 Å². The van der Waals surface area contributed by atoms with Crippen LogP contribution in [-0.2, 0) is 16.0 Å². The van der Waals surface area contributed by atoms with Gasteiger partial charge in [0.1, 0.15) is 6.10 Å². The number of rotatable bonds is 5. The molecule has 1 saturated carbocycles. The summed E-state index contributed by atoms with van der Waals surface area (Å²) in [6.45, 7) is 5.75. The molecule has 2 aromatic heterocycles. The average Bonchev–Trinajstić information content (AvgIpc) is 3.23. The lowest BCUT2D eigenvalue weighted by Gasteiger charge is -2.22. The minimum atomic E-state index is -0.384. The van der Waals surface area contributed by atoms with E-state index >= 15 is 0 Å². The molecule has 150 valence electrons. The molecule has 3 rings (SSSR count). The zero-order valence-electron chi connectivity index (χ0n) is 16.5. The first-order chi connectivity index (χ1) is 13.3. The number of hydrogen-bond acceptors (Lipinski definition) is 5. The Bertz CT molecular complexity index is 813. The van der Waals surface area contributed by atoms with Crippen LogP contribution in [0.1, 0.15) is 57.3 Å². The summed E-state index contributed by atoms with van der Waals surface area (Å²) in [4.78, 5) is 28.2. The first kappa shape index (κ1) is 19.9. The minimum absolute atomic E-state index is 0.113. The molecular formula is C20H27N5O3. The number of H-pyrrole nitrogens is 1. The van der Waals surface area contributed by atoms with Gasteiger partial charge in [-0.15, -0.1) is 0 Å². The van der Waals surface area contributed by atoms with E-state index in [1.807, 2.05) is 45.0 Å². The van der Waals surface area contributed by atoms with Crippen molar-refractivity contribution in [2.24, 2.45) is 0 Å². The van der Waals surface area contributed by atoms with Crippen molar-refractivity contribution in [3.05, 3.63) is 41.9 Å². The highest BCUT2D eigenvalue weighted by molar-refractivity contribution is 5.91. The highest BCUT2D eigenvalue weighted by Crippen LogP contribution is 2.35. The molecule has 1 aliphatic carbocycles. The van der Waals surface area contributed by atoms with Crippen molar-refractivity contribution < 1.29 is 14.3 Å². The lowest BCUT2D eigenvalue weighted by atomic mass is 10.0. The Balaban J connectivity index is 1.49. The molecule has 3 N–H and O–H groups in total. The van der Waals surface area contributed by atoms with E-state index in [0.29, 0.717) is 11.5 Å². The zero-order chi connectivity index (χ0) is 20.1. The van der Waals surface area contributed by atoms with E-state index in [1.54, 1.807) is 6.20 Å². The fourth-order valence-corrected chi connectivity index (χ4v) is 3.28. The summed E-state index contributed by atoms with van der Waals surface area (Å²) in [5.41, 5.74) is 1.33. The first-order valence-corrected chi connectivity index (χ1v) is 9.52. The first-order valence-electron chi connectivity index (χ1n) is 9.52. The van der Waals surface area contributed by atoms with Crippen LogP contribution in [0.2, 0.25) is 0 Å². The van der Waals surface area contributed by atoms with Crippen molar-refractivity contribution in [1.29, 1.82) is 0 Å². The second-order valence-electron chi connectivity index (χ2n) is 8.17. The number of ether oxygens (including phenoxy) is 1. The number of carbonyl (C=O) groups excluding carboxylic acids is 2. The van der Waals surface area contributed by atoms with Crippen molar-refractivity contribution in [1.82, 2.24) is 20.5 Å². The highest BCUT2D eigenvalue weighted by Gasteiger charge is 2.30. The number of anilines is 1. The predicted molar refractivity (Wildman–Crippen MR) is 105 cm³/mol. The molecule has 2 amide bonds. The SMILES string of the molecule is CC(C)(C)NC(=O)OC1CCC(c2cc(NC(=O)Cc3ccccn3)n[nH]2)C1. The third-order valence-electron chi connectivity index (χ3n) is 4.51. The number of amides is 2. The number of alkyl carbamates (subject to hydrolysis) is 1. The van der Waals surface area contributed by atoms with Crippen LogP contribution in [0.25, 0.3) is 0 Å². The van der Waals surface area contributed by atoms with Crippen LogP contribution in [0, 0.1) is 0 Å². The molecule has 8 nitrogen and oxygen atoms in total. The van der Waals surface area contributed by atoms with Crippen LogP contribution in [0.5, 0.6) is 0 Å². The van der Waals surface area contributed by atoms with Crippen LogP contribution in [0.4, 0.5) is 10.6 Å². The zero-order valence-corrected chi connectivity index (χ0v) is 16.5. The Hall–Kier alpha value is -2.90. The summed E-state index contributed by atoms with van der Waals surface area (Å²) < 4.78 is 5.52. The standard InChI is InChI=1S/C20H27N5O3/c1-20(2,3)23-19(27)28-15-8-7-13(10-15)16-12-17(25-24-16)22-18(26)11-14-6-4-5-9-21-14/h4-6,9,12-13,15H,7-8,10-11H2,1-3H3,(H,23,27)(H2,22,24,25,26). The van der Waals surface area contributed by atoms with E-state index < -0.39 is 0 Å². The number of carbonyl (C=O) groups is 2. The van der Waals surface area contributed by atoms with Crippen molar-refractivity contribution in [3.8, 4) is 0 Å². The molecular weight excluding hydrogens is 358 g/mol. The van der Waals surface area contributed by atoms with Crippen molar-refractivity contribution in [2.75, 3.05) is 5.32 Å². The van der Waals surface area contributed by atoms with Gasteiger partial charge in [0, 0.05) is 35.1 Å². The monoisotopic (exact) mass is 385 g/mol. The fraction of sp³-hybridized carbons (Fsp3) is 0.500. The van der Waals surface area contributed by atoms with Gasteiger partial charge in [-0.3, -0.25) is 14.9 Å². The molecule has 0 saturated heterocycles. The Morgan fingerprint density at radius 3 is 2.82 bits per heavy atom. The summed E-state index contributed by atoms with van der Waals surface area (Å²) in [5.74, 6) is 0.551. The average molecular weight is 385 g/mol. The molecule has 28 heavy (non-hydrogen) atoms. The number of hydrogen-bond donors (Lipinski definition) is 3. The van der Waals surface area contributed by atoms with Crippen LogP contribution in [0.15, 0.2) is 30.5 Å². The molecule has 8 heteroatoms. The predicted octanol–water partition coefficient (Wildman–Crippen LogP) is 3.15. The maximum Gasteiger partial charge on any atom is 0.407 e. The smallest absolute Gasteiger partial charge is 0.407 e. The molecule has 2 heterocycles. The number of pyridine rings is 1. The van der Waals surface area contributed by atoms with E-state index in [1.165, 1.54) is 0 Å². The number of nitrogens with one attached hydrogen (secondary N) is 3. The lowest BCUT2D eigenvalue weighted by molar-refractivity contribution is -0.115. The molecule has 0 radical (unpaired) electrons. The van der Waals surface area contributed by atoms with Gasteiger partial charge in [0.05, 0.1) is 6.42 Å². The minimum Gasteiger partial charge on any atom is -0.446 e. The summed E-state index contributed by atoms with van der Waals surface area (Å²) in [5, 5.41) is 12.8. The summed E-state index contributed by atoms with van der Waals surface area (Å²) >= 11 is 0. The molecule has 0 aromatic carbocycles. The summed E-state index contributed by atoms with van der Waals surface area (Å²) in [6, 6.07) is 7.32. The molecule has 1 aliphatic rings. The molecule has 1 fully saturated rings. The third kappa shape index (κ3) is 5.80. The lowest BCUT2D eigenvalue weighted by Crippen LogP contribution is -2.42. The van der Waals surface area contributed by atoms with Gasteiger partial charge < -0.3 is 15.4 Å². The second-order valence-corrected chi connectivity index (χ2v) is 8.17. The largest absolute Gasteiger partial charge is 0.446 e. The van der Waals surface area contributed by atoms with Crippen molar-refractivity contribution >= 4 is 17.8 Å². The Morgan fingerprint density at radius 1 is 1.29 bits per heavy atom. The van der Waals surface area contributed by atoms with Gasteiger partial charge in [0.15, 0.2) is 5.82 Å². The van der Waals surface area contributed by atoms with E-state index in [9.17, 15) is 9.59 Å². The summed E-state index contributed by atoms with van der Waals surface area (Å²) in [6.07, 6.45) is 3.81.